The molecule has 0 saturated heterocycles. The molecule has 1 aromatic rings. The molecule has 1 aromatic carbocycles. The van der Waals surface area contributed by atoms with Gasteiger partial charge in [0.05, 0.1) is 13.2 Å². The van der Waals surface area contributed by atoms with Crippen molar-refractivity contribution in [2.24, 2.45) is 11.8 Å². The topological polar surface area (TPSA) is 18.5 Å². The molecule has 0 unspecified atom stereocenters. The Bertz CT molecular complexity index is 436. The molecule has 0 aliphatic carbocycles. The smallest absolute Gasteiger partial charge is 0.123 e. The van der Waals surface area contributed by atoms with Crippen molar-refractivity contribution in [3.63, 3.8) is 0 Å². The van der Waals surface area contributed by atoms with E-state index in [1.165, 1.54) is 11.1 Å². The Morgan fingerprint density at radius 1 is 0.864 bits per heavy atom. The third-order valence-corrected chi connectivity index (χ3v) is 3.78. The van der Waals surface area contributed by atoms with Gasteiger partial charge in [0.1, 0.15) is 11.5 Å². The molecule has 22 heavy (non-hydrogen) atoms. The third-order valence-electron chi connectivity index (χ3n) is 3.78. The number of hydrogen-bond donors (Lipinski definition) is 0. The summed E-state index contributed by atoms with van der Waals surface area (Å²) in [6.45, 7) is 14.8. The summed E-state index contributed by atoms with van der Waals surface area (Å²) in [6.07, 6.45) is 4.35. The van der Waals surface area contributed by atoms with Crippen LogP contribution in [0.15, 0.2) is 12.1 Å². The van der Waals surface area contributed by atoms with Gasteiger partial charge < -0.3 is 9.47 Å². The summed E-state index contributed by atoms with van der Waals surface area (Å²) >= 11 is 0. The van der Waals surface area contributed by atoms with E-state index in [9.17, 15) is 0 Å². The van der Waals surface area contributed by atoms with E-state index in [2.05, 4.69) is 53.7 Å². The monoisotopic (exact) mass is 306 g/mol. The zero-order valence-corrected chi connectivity index (χ0v) is 15.4. The van der Waals surface area contributed by atoms with E-state index in [0.29, 0.717) is 11.8 Å². The Balaban J connectivity index is 2.78. The number of benzene rings is 1. The Morgan fingerprint density at radius 2 is 1.41 bits per heavy atom. The number of ether oxygens (including phenoxy) is 2. The predicted octanol–water partition coefficient (Wildman–Crippen LogP) is 5.80. The van der Waals surface area contributed by atoms with Crippen LogP contribution in [0.1, 0.15) is 65.0 Å². The summed E-state index contributed by atoms with van der Waals surface area (Å²) in [6, 6.07) is 4.33. The van der Waals surface area contributed by atoms with Crippen LogP contribution >= 0.6 is 0 Å². The molecule has 0 atom stereocenters. The van der Waals surface area contributed by atoms with Gasteiger partial charge in [-0.1, -0.05) is 41.0 Å². The first-order valence-electron chi connectivity index (χ1n) is 8.83. The van der Waals surface area contributed by atoms with Gasteiger partial charge in [-0.15, -0.1) is 0 Å². The van der Waals surface area contributed by atoms with Crippen LogP contribution in [-0.4, -0.2) is 13.2 Å². The molecule has 0 aliphatic heterocycles. The summed E-state index contributed by atoms with van der Waals surface area (Å²) in [5, 5.41) is 0. The van der Waals surface area contributed by atoms with Gasteiger partial charge in [0.2, 0.25) is 0 Å². The minimum absolute atomic E-state index is 0.675. The molecule has 0 spiro atoms. The van der Waals surface area contributed by atoms with Crippen molar-refractivity contribution >= 4 is 0 Å². The first-order valence-corrected chi connectivity index (χ1v) is 8.83. The molecule has 0 heterocycles. The lowest BCUT2D eigenvalue weighted by Gasteiger charge is -2.17. The van der Waals surface area contributed by atoms with Crippen molar-refractivity contribution in [3.8, 4) is 11.5 Å². The molecule has 1 rings (SSSR count). The van der Waals surface area contributed by atoms with E-state index >= 15 is 0 Å². The minimum atomic E-state index is 0.675. The van der Waals surface area contributed by atoms with Crippen LogP contribution in [0.4, 0.5) is 0 Å². The molecule has 0 aromatic heterocycles. The second-order valence-electron chi connectivity index (χ2n) is 7.04. The van der Waals surface area contributed by atoms with E-state index in [0.717, 1.165) is 50.4 Å². The van der Waals surface area contributed by atoms with Crippen LogP contribution in [0.5, 0.6) is 11.5 Å². The molecule has 2 nitrogen and oxygen atoms in total. The summed E-state index contributed by atoms with van der Waals surface area (Å²) in [7, 11) is 0. The zero-order valence-electron chi connectivity index (χ0n) is 15.4. The first-order chi connectivity index (χ1) is 10.4. The van der Waals surface area contributed by atoms with Crippen LogP contribution in [0, 0.1) is 18.8 Å². The van der Waals surface area contributed by atoms with E-state index in [4.69, 9.17) is 9.47 Å². The number of hydrogen-bond acceptors (Lipinski definition) is 2. The van der Waals surface area contributed by atoms with Gasteiger partial charge in [-0.2, -0.15) is 0 Å². The fourth-order valence-electron chi connectivity index (χ4n) is 2.27. The lowest BCUT2D eigenvalue weighted by molar-refractivity contribution is 0.278. The average molecular weight is 306 g/mol. The Hall–Kier alpha value is -1.18. The standard InChI is InChI=1S/C20H34O2/c1-7-8-18-14-19(21-11-9-15(2)3)17(6)13-20(18)22-12-10-16(4)5/h13-16H,7-12H2,1-6H3. The minimum Gasteiger partial charge on any atom is -0.493 e. The van der Waals surface area contributed by atoms with Crippen molar-refractivity contribution in [2.75, 3.05) is 13.2 Å². The Morgan fingerprint density at radius 3 is 1.91 bits per heavy atom. The summed E-state index contributed by atoms with van der Waals surface area (Å²) in [4.78, 5) is 0. The Kier molecular flexibility index (Phi) is 8.37. The Labute approximate surface area is 137 Å². The van der Waals surface area contributed by atoms with E-state index < -0.39 is 0 Å². The van der Waals surface area contributed by atoms with Crippen LogP contribution in [0.3, 0.4) is 0 Å². The van der Waals surface area contributed by atoms with Crippen molar-refractivity contribution in [1.29, 1.82) is 0 Å². The highest BCUT2D eigenvalue weighted by Crippen LogP contribution is 2.30. The molecule has 0 N–H and O–H groups in total. The van der Waals surface area contributed by atoms with Gasteiger partial charge in [0.25, 0.3) is 0 Å². The zero-order chi connectivity index (χ0) is 16.5. The van der Waals surface area contributed by atoms with Crippen molar-refractivity contribution < 1.29 is 9.47 Å². The predicted molar refractivity (Wildman–Crippen MR) is 95.1 cm³/mol. The summed E-state index contributed by atoms with van der Waals surface area (Å²) < 4.78 is 12.0. The van der Waals surface area contributed by atoms with Gasteiger partial charge in [-0.05, 0) is 61.3 Å². The molecule has 0 saturated carbocycles. The van der Waals surface area contributed by atoms with E-state index in [1.54, 1.807) is 0 Å². The second-order valence-corrected chi connectivity index (χ2v) is 7.04. The maximum Gasteiger partial charge on any atom is 0.123 e. The normalized spacial score (nSPS) is 11.3. The fourth-order valence-corrected chi connectivity index (χ4v) is 2.27. The van der Waals surface area contributed by atoms with E-state index in [1.807, 2.05) is 0 Å². The van der Waals surface area contributed by atoms with E-state index in [-0.39, 0.29) is 0 Å². The van der Waals surface area contributed by atoms with Crippen molar-refractivity contribution in [3.05, 3.63) is 23.3 Å². The number of aryl methyl sites for hydroxylation is 2. The van der Waals surface area contributed by atoms with Gasteiger partial charge in [0.15, 0.2) is 0 Å². The lowest BCUT2D eigenvalue weighted by Crippen LogP contribution is -2.06. The van der Waals surface area contributed by atoms with Crippen molar-refractivity contribution in [1.82, 2.24) is 0 Å². The molecule has 0 fully saturated rings. The van der Waals surface area contributed by atoms with Crippen molar-refractivity contribution in [2.45, 2.75) is 67.2 Å². The van der Waals surface area contributed by atoms with Gasteiger partial charge in [-0.25, -0.2) is 0 Å². The SMILES string of the molecule is CCCc1cc(OCCC(C)C)c(C)cc1OCCC(C)C. The molecule has 0 aliphatic rings. The quantitative estimate of drug-likeness (QED) is 0.544. The van der Waals surface area contributed by atoms with Gasteiger partial charge in [-0.3, -0.25) is 0 Å². The van der Waals surface area contributed by atoms with Crippen LogP contribution in [0.2, 0.25) is 0 Å². The second kappa shape index (κ2) is 9.76. The van der Waals surface area contributed by atoms with Crippen LogP contribution in [-0.2, 0) is 6.42 Å². The van der Waals surface area contributed by atoms with Crippen LogP contribution in [0.25, 0.3) is 0 Å². The van der Waals surface area contributed by atoms with Gasteiger partial charge >= 0.3 is 0 Å². The molecule has 126 valence electrons. The van der Waals surface area contributed by atoms with Crippen LogP contribution < -0.4 is 9.47 Å². The maximum absolute atomic E-state index is 6.02. The summed E-state index contributed by atoms with van der Waals surface area (Å²) in [5.74, 6) is 3.40. The average Bonchev–Trinajstić information content (AvgIpc) is 2.42. The fraction of sp³-hybridized carbons (Fsp3) is 0.700. The molecular weight excluding hydrogens is 272 g/mol. The number of rotatable bonds is 10. The highest BCUT2D eigenvalue weighted by Gasteiger charge is 2.10. The molecule has 2 heteroatoms. The third kappa shape index (κ3) is 6.72. The highest BCUT2D eigenvalue weighted by molar-refractivity contribution is 5.46. The maximum atomic E-state index is 6.02. The molecule has 0 amide bonds. The lowest BCUT2D eigenvalue weighted by atomic mass is 10.1. The molecule has 0 bridgehead atoms. The first kappa shape index (κ1) is 18.9. The van der Waals surface area contributed by atoms with Gasteiger partial charge in [0, 0.05) is 0 Å². The summed E-state index contributed by atoms with van der Waals surface area (Å²) in [5.41, 5.74) is 2.44. The highest BCUT2D eigenvalue weighted by atomic mass is 16.5. The molecular formula is C20H34O2. The molecule has 0 radical (unpaired) electrons. The largest absolute Gasteiger partial charge is 0.493 e.